The Balaban J connectivity index is 1.87. The number of hydrogen-bond acceptors (Lipinski definition) is 4. The summed E-state index contributed by atoms with van der Waals surface area (Å²) in [5.74, 6) is 0.830. The number of para-hydroxylation sites is 2. The van der Waals surface area contributed by atoms with Crippen LogP contribution in [-0.4, -0.2) is 43.1 Å². The minimum atomic E-state index is -0.188. The van der Waals surface area contributed by atoms with Crippen molar-refractivity contribution in [2.45, 2.75) is 32.2 Å². The van der Waals surface area contributed by atoms with Gasteiger partial charge in [-0.2, -0.15) is 0 Å². The van der Waals surface area contributed by atoms with Crippen molar-refractivity contribution >= 4 is 11.6 Å². The molecular weight excluding hydrogens is 278 g/mol. The number of nitrogens with two attached hydrogens (primary N) is 1. The molecule has 1 aromatic carbocycles. The standard InChI is InChI=1S/C17H27N3O2/c1-17(2,18)12-20-10-8-13(9-11-20)16(21)19-14-6-4-5-7-15(14)22-3/h4-7,13H,8-12,18H2,1-3H3,(H,19,21). The van der Waals surface area contributed by atoms with Crippen molar-refractivity contribution in [2.75, 3.05) is 32.1 Å². The van der Waals surface area contributed by atoms with Gasteiger partial charge in [-0.15, -0.1) is 0 Å². The Kier molecular flexibility index (Phi) is 5.42. The highest BCUT2D eigenvalue weighted by atomic mass is 16.5. The number of amides is 1. The summed E-state index contributed by atoms with van der Waals surface area (Å²) in [5, 5.41) is 2.99. The lowest BCUT2D eigenvalue weighted by molar-refractivity contribution is -0.121. The van der Waals surface area contributed by atoms with E-state index in [1.807, 2.05) is 38.1 Å². The van der Waals surface area contributed by atoms with E-state index in [2.05, 4.69) is 10.2 Å². The van der Waals surface area contributed by atoms with Crippen LogP contribution >= 0.6 is 0 Å². The Morgan fingerprint density at radius 3 is 2.59 bits per heavy atom. The maximum Gasteiger partial charge on any atom is 0.227 e. The lowest BCUT2D eigenvalue weighted by Crippen LogP contribution is -2.48. The van der Waals surface area contributed by atoms with Crippen molar-refractivity contribution in [1.29, 1.82) is 0 Å². The number of anilines is 1. The first-order valence-electron chi connectivity index (χ1n) is 7.84. The van der Waals surface area contributed by atoms with Gasteiger partial charge in [-0.3, -0.25) is 4.79 Å². The molecule has 0 saturated carbocycles. The Hall–Kier alpha value is -1.59. The summed E-state index contributed by atoms with van der Waals surface area (Å²) < 4.78 is 5.27. The zero-order valence-electron chi connectivity index (χ0n) is 13.8. The van der Waals surface area contributed by atoms with Gasteiger partial charge >= 0.3 is 0 Å². The van der Waals surface area contributed by atoms with E-state index in [-0.39, 0.29) is 17.4 Å². The Bertz CT molecular complexity index is 503. The van der Waals surface area contributed by atoms with E-state index >= 15 is 0 Å². The van der Waals surface area contributed by atoms with Crippen molar-refractivity contribution in [1.82, 2.24) is 4.90 Å². The number of ether oxygens (including phenoxy) is 1. The van der Waals surface area contributed by atoms with E-state index in [1.54, 1.807) is 7.11 Å². The normalized spacial score (nSPS) is 17.3. The van der Waals surface area contributed by atoms with Gasteiger partial charge in [0.15, 0.2) is 0 Å². The number of nitrogens with one attached hydrogen (secondary N) is 1. The van der Waals surface area contributed by atoms with Gasteiger partial charge in [0.2, 0.25) is 5.91 Å². The van der Waals surface area contributed by atoms with E-state index in [0.29, 0.717) is 5.75 Å². The number of methoxy groups -OCH3 is 1. The fourth-order valence-corrected chi connectivity index (χ4v) is 2.91. The average Bonchev–Trinajstić information content (AvgIpc) is 2.47. The predicted molar refractivity (Wildman–Crippen MR) is 89.1 cm³/mol. The van der Waals surface area contributed by atoms with Crippen LogP contribution < -0.4 is 15.8 Å². The maximum atomic E-state index is 12.4. The van der Waals surface area contributed by atoms with Crippen LogP contribution in [0.4, 0.5) is 5.69 Å². The van der Waals surface area contributed by atoms with E-state index in [1.165, 1.54) is 0 Å². The number of hydrogen-bond donors (Lipinski definition) is 2. The first-order chi connectivity index (χ1) is 10.4. The molecule has 1 saturated heterocycles. The van der Waals surface area contributed by atoms with Crippen molar-refractivity contribution in [3.8, 4) is 5.75 Å². The zero-order valence-corrected chi connectivity index (χ0v) is 13.8. The molecule has 0 aromatic heterocycles. The molecule has 0 unspecified atom stereocenters. The van der Waals surface area contributed by atoms with Crippen LogP contribution in [-0.2, 0) is 4.79 Å². The molecule has 5 heteroatoms. The van der Waals surface area contributed by atoms with Gasteiger partial charge in [-0.25, -0.2) is 0 Å². The third kappa shape index (κ3) is 4.71. The predicted octanol–water partition coefficient (Wildman–Crippen LogP) is 2.08. The van der Waals surface area contributed by atoms with Gasteiger partial charge in [-0.05, 0) is 51.9 Å². The van der Waals surface area contributed by atoms with Crippen molar-refractivity contribution < 1.29 is 9.53 Å². The highest BCUT2D eigenvalue weighted by Crippen LogP contribution is 2.26. The van der Waals surface area contributed by atoms with Crippen LogP contribution in [0.1, 0.15) is 26.7 Å². The van der Waals surface area contributed by atoms with Gasteiger partial charge < -0.3 is 20.7 Å². The minimum Gasteiger partial charge on any atom is -0.495 e. The molecule has 0 bridgehead atoms. The van der Waals surface area contributed by atoms with E-state index < -0.39 is 0 Å². The monoisotopic (exact) mass is 305 g/mol. The molecule has 1 fully saturated rings. The number of rotatable bonds is 5. The summed E-state index contributed by atoms with van der Waals surface area (Å²) in [7, 11) is 1.61. The first kappa shape index (κ1) is 16.8. The lowest BCUT2D eigenvalue weighted by atomic mass is 9.94. The van der Waals surface area contributed by atoms with Crippen LogP contribution in [0.5, 0.6) is 5.75 Å². The summed E-state index contributed by atoms with van der Waals surface area (Å²) in [6, 6.07) is 7.50. The van der Waals surface area contributed by atoms with Crippen molar-refractivity contribution in [3.05, 3.63) is 24.3 Å². The van der Waals surface area contributed by atoms with Gasteiger partial charge in [0.05, 0.1) is 12.8 Å². The molecule has 122 valence electrons. The van der Waals surface area contributed by atoms with Crippen LogP contribution in [0, 0.1) is 5.92 Å². The van der Waals surface area contributed by atoms with Gasteiger partial charge in [0, 0.05) is 18.0 Å². The summed E-state index contributed by atoms with van der Waals surface area (Å²) in [6.45, 7) is 6.78. The lowest BCUT2D eigenvalue weighted by Gasteiger charge is -2.35. The molecular formula is C17H27N3O2. The van der Waals surface area contributed by atoms with Crippen LogP contribution in [0.2, 0.25) is 0 Å². The number of likely N-dealkylation sites (tertiary alicyclic amines) is 1. The topological polar surface area (TPSA) is 67.6 Å². The SMILES string of the molecule is COc1ccccc1NC(=O)C1CCN(CC(C)(C)N)CC1. The molecule has 3 N–H and O–H groups in total. The molecule has 0 radical (unpaired) electrons. The molecule has 1 amide bonds. The molecule has 0 spiro atoms. The highest BCUT2D eigenvalue weighted by Gasteiger charge is 2.27. The Morgan fingerprint density at radius 2 is 2.00 bits per heavy atom. The summed E-state index contributed by atoms with van der Waals surface area (Å²) in [5.41, 5.74) is 6.61. The van der Waals surface area contributed by atoms with E-state index in [4.69, 9.17) is 10.5 Å². The first-order valence-corrected chi connectivity index (χ1v) is 7.84. The number of carbonyl (C=O) groups excluding carboxylic acids is 1. The average molecular weight is 305 g/mol. The second-order valence-corrected chi connectivity index (χ2v) is 6.73. The highest BCUT2D eigenvalue weighted by molar-refractivity contribution is 5.94. The maximum absolute atomic E-state index is 12.4. The van der Waals surface area contributed by atoms with Gasteiger partial charge in [0.25, 0.3) is 0 Å². The number of nitrogens with zero attached hydrogens (tertiary/aromatic N) is 1. The molecule has 0 aliphatic carbocycles. The molecule has 0 atom stereocenters. The third-order valence-electron chi connectivity index (χ3n) is 3.95. The van der Waals surface area contributed by atoms with Crippen molar-refractivity contribution in [2.24, 2.45) is 11.7 Å². The number of piperidine rings is 1. The molecule has 1 aliphatic heterocycles. The molecule has 1 aromatic rings. The minimum absolute atomic E-state index is 0.0575. The fourth-order valence-electron chi connectivity index (χ4n) is 2.91. The molecule has 2 rings (SSSR count). The number of benzene rings is 1. The Morgan fingerprint density at radius 1 is 1.36 bits per heavy atom. The van der Waals surface area contributed by atoms with Gasteiger partial charge in [-0.1, -0.05) is 12.1 Å². The van der Waals surface area contributed by atoms with Crippen LogP contribution in [0.3, 0.4) is 0 Å². The Labute approximate surface area is 132 Å². The smallest absolute Gasteiger partial charge is 0.227 e. The molecule has 1 heterocycles. The molecule has 1 aliphatic rings. The fraction of sp³-hybridized carbons (Fsp3) is 0.588. The van der Waals surface area contributed by atoms with Crippen molar-refractivity contribution in [3.63, 3.8) is 0 Å². The number of carbonyl (C=O) groups is 1. The third-order valence-corrected chi connectivity index (χ3v) is 3.95. The van der Waals surface area contributed by atoms with Gasteiger partial charge in [0.1, 0.15) is 5.75 Å². The molecule has 22 heavy (non-hydrogen) atoms. The molecule has 5 nitrogen and oxygen atoms in total. The summed E-state index contributed by atoms with van der Waals surface area (Å²) >= 11 is 0. The largest absolute Gasteiger partial charge is 0.495 e. The van der Waals surface area contributed by atoms with Crippen LogP contribution in [0.15, 0.2) is 24.3 Å². The second kappa shape index (κ2) is 7.11. The second-order valence-electron chi connectivity index (χ2n) is 6.73. The van der Waals surface area contributed by atoms with E-state index in [9.17, 15) is 4.79 Å². The summed E-state index contributed by atoms with van der Waals surface area (Å²) in [6.07, 6.45) is 1.74. The van der Waals surface area contributed by atoms with E-state index in [0.717, 1.165) is 38.2 Å². The quantitative estimate of drug-likeness (QED) is 0.874. The summed E-state index contributed by atoms with van der Waals surface area (Å²) in [4.78, 5) is 14.8. The van der Waals surface area contributed by atoms with Crippen LogP contribution in [0.25, 0.3) is 0 Å². The zero-order chi connectivity index (χ0) is 16.2.